The van der Waals surface area contributed by atoms with E-state index in [9.17, 15) is 9.59 Å². The van der Waals surface area contributed by atoms with Crippen molar-refractivity contribution in [3.05, 3.63) is 42.0 Å². The fraction of sp³-hybridized carbons (Fsp3) is 0.643. The Balaban J connectivity index is 0.000000266. The molecule has 1 atom stereocenters. The standard InChI is InChI=1S/C16H21NO4.C12H23N/c1-16(2,3)21-15(20)17-13(14(18)19)11-7-10-12-8-5-4-6-9-12;1-3-7-11(8-4-1)13-12-9-5-2-6-10-12/h4-10,13H,11H2,1-3H3,(H,17,20)(H,18,19);11-13H,1-10H2/b10-7+;/t13-;/m0./s1. The SMILES string of the molecule is C1CCC(NC2CCCCC2)CC1.CC(C)(C)OC(=O)N[C@@H](C/C=C/c1ccccc1)C(=O)O. The average molecular weight is 473 g/mol. The fourth-order valence-electron chi connectivity index (χ4n) is 4.45. The Bertz CT molecular complexity index is 729. The normalized spacial score (nSPS) is 18.6. The second kappa shape index (κ2) is 14.8. The Hall–Kier alpha value is -2.34. The van der Waals surface area contributed by atoms with E-state index in [4.69, 9.17) is 9.84 Å². The first kappa shape index (κ1) is 27.9. The minimum absolute atomic E-state index is 0.184. The lowest BCUT2D eigenvalue weighted by Crippen LogP contribution is -2.43. The Morgan fingerprint density at radius 2 is 1.50 bits per heavy atom. The van der Waals surface area contributed by atoms with E-state index in [0.717, 1.165) is 17.6 Å². The zero-order chi connectivity index (χ0) is 24.8. The van der Waals surface area contributed by atoms with Crippen LogP contribution in [0.3, 0.4) is 0 Å². The molecule has 2 aliphatic rings. The second-order valence-corrected chi connectivity index (χ2v) is 10.4. The number of benzene rings is 1. The van der Waals surface area contributed by atoms with Crippen LogP contribution in [0.15, 0.2) is 36.4 Å². The van der Waals surface area contributed by atoms with Gasteiger partial charge >= 0.3 is 12.1 Å². The second-order valence-electron chi connectivity index (χ2n) is 10.4. The lowest BCUT2D eigenvalue weighted by atomic mass is 9.91. The molecule has 0 radical (unpaired) electrons. The lowest BCUT2D eigenvalue weighted by Gasteiger charge is -2.30. The Labute approximate surface area is 205 Å². The quantitative estimate of drug-likeness (QED) is 0.433. The van der Waals surface area contributed by atoms with Crippen molar-refractivity contribution >= 4 is 18.1 Å². The minimum atomic E-state index is -1.10. The molecule has 3 rings (SSSR count). The number of carboxylic acid groups (broad SMARTS) is 1. The number of amides is 1. The number of rotatable bonds is 7. The monoisotopic (exact) mass is 472 g/mol. The molecule has 34 heavy (non-hydrogen) atoms. The van der Waals surface area contributed by atoms with Gasteiger partial charge in [-0.1, -0.05) is 81.0 Å². The molecule has 2 fully saturated rings. The van der Waals surface area contributed by atoms with Crippen molar-refractivity contribution in [3.63, 3.8) is 0 Å². The molecule has 1 aromatic rings. The molecular formula is C28H44N2O4. The Kier molecular flexibility index (Phi) is 12.2. The molecular weight excluding hydrogens is 428 g/mol. The van der Waals surface area contributed by atoms with Crippen LogP contribution in [-0.2, 0) is 9.53 Å². The number of carbonyl (C=O) groups is 2. The van der Waals surface area contributed by atoms with Crippen LogP contribution in [0.25, 0.3) is 6.08 Å². The Morgan fingerprint density at radius 3 is 1.97 bits per heavy atom. The zero-order valence-electron chi connectivity index (χ0n) is 21.2. The smallest absolute Gasteiger partial charge is 0.408 e. The van der Waals surface area contributed by atoms with Crippen molar-refractivity contribution in [2.24, 2.45) is 0 Å². The highest BCUT2D eigenvalue weighted by atomic mass is 16.6. The summed E-state index contributed by atoms with van der Waals surface area (Å²) in [5, 5.41) is 15.3. The van der Waals surface area contributed by atoms with E-state index in [1.54, 1.807) is 26.8 Å². The topological polar surface area (TPSA) is 87.7 Å². The summed E-state index contributed by atoms with van der Waals surface area (Å²) in [6.07, 6.45) is 17.5. The number of alkyl carbamates (subject to hydrolysis) is 1. The summed E-state index contributed by atoms with van der Waals surface area (Å²) in [5.41, 5.74) is 0.312. The van der Waals surface area contributed by atoms with Gasteiger partial charge in [0.1, 0.15) is 11.6 Å². The van der Waals surface area contributed by atoms with Gasteiger partial charge in [-0.2, -0.15) is 0 Å². The number of hydrogen-bond donors (Lipinski definition) is 3. The summed E-state index contributed by atoms with van der Waals surface area (Å²) in [7, 11) is 0. The van der Waals surface area contributed by atoms with Crippen molar-refractivity contribution < 1.29 is 19.4 Å². The maximum absolute atomic E-state index is 11.6. The van der Waals surface area contributed by atoms with Crippen molar-refractivity contribution in [1.29, 1.82) is 0 Å². The molecule has 1 amide bonds. The van der Waals surface area contributed by atoms with E-state index in [1.165, 1.54) is 64.2 Å². The van der Waals surface area contributed by atoms with Gasteiger partial charge in [0.05, 0.1) is 0 Å². The number of carboxylic acids is 1. The van der Waals surface area contributed by atoms with E-state index < -0.39 is 23.7 Å². The van der Waals surface area contributed by atoms with Crippen LogP contribution in [-0.4, -0.2) is 40.9 Å². The van der Waals surface area contributed by atoms with Gasteiger partial charge in [-0.3, -0.25) is 0 Å². The summed E-state index contributed by atoms with van der Waals surface area (Å²) in [6, 6.07) is 10.2. The van der Waals surface area contributed by atoms with Gasteiger partial charge in [0.15, 0.2) is 0 Å². The molecule has 0 spiro atoms. The molecule has 0 aliphatic heterocycles. The molecule has 0 saturated heterocycles. The number of nitrogens with one attached hydrogen (secondary N) is 2. The zero-order valence-corrected chi connectivity index (χ0v) is 21.2. The van der Waals surface area contributed by atoms with Gasteiger partial charge in [-0.25, -0.2) is 9.59 Å². The number of hydrogen-bond acceptors (Lipinski definition) is 4. The van der Waals surface area contributed by atoms with Crippen LogP contribution in [0.2, 0.25) is 0 Å². The maximum Gasteiger partial charge on any atom is 0.408 e. The van der Waals surface area contributed by atoms with Gasteiger partial charge in [0.25, 0.3) is 0 Å². The Morgan fingerprint density at radius 1 is 0.971 bits per heavy atom. The molecule has 6 heteroatoms. The first-order valence-electron chi connectivity index (χ1n) is 12.9. The van der Waals surface area contributed by atoms with Crippen molar-refractivity contribution in [3.8, 4) is 0 Å². The minimum Gasteiger partial charge on any atom is -0.480 e. The molecule has 6 nitrogen and oxygen atoms in total. The van der Waals surface area contributed by atoms with E-state index >= 15 is 0 Å². The largest absolute Gasteiger partial charge is 0.480 e. The third-order valence-corrected chi connectivity index (χ3v) is 6.15. The van der Waals surface area contributed by atoms with E-state index in [2.05, 4.69) is 10.6 Å². The van der Waals surface area contributed by atoms with Crippen LogP contribution >= 0.6 is 0 Å². The van der Waals surface area contributed by atoms with Crippen LogP contribution in [0, 0.1) is 0 Å². The van der Waals surface area contributed by atoms with Crippen LogP contribution in [0.4, 0.5) is 4.79 Å². The molecule has 2 aliphatic carbocycles. The van der Waals surface area contributed by atoms with Crippen LogP contribution < -0.4 is 10.6 Å². The average Bonchev–Trinajstić information content (AvgIpc) is 2.80. The highest BCUT2D eigenvalue weighted by molar-refractivity contribution is 5.80. The molecule has 0 heterocycles. The molecule has 3 N–H and O–H groups in total. The van der Waals surface area contributed by atoms with Gasteiger partial charge in [0, 0.05) is 12.1 Å². The third-order valence-electron chi connectivity index (χ3n) is 6.15. The first-order valence-corrected chi connectivity index (χ1v) is 12.9. The van der Waals surface area contributed by atoms with E-state index in [1.807, 2.05) is 36.4 Å². The fourth-order valence-corrected chi connectivity index (χ4v) is 4.45. The summed E-state index contributed by atoms with van der Waals surface area (Å²) in [5.74, 6) is -1.10. The summed E-state index contributed by atoms with van der Waals surface area (Å²) >= 11 is 0. The van der Waals surface area contributed by atoms with E-state index in [0.29, 0.717) is 0 Å². The molecule has 190 valence electrons. The molecule has 0 aromatic heterocycles. The highest BCUT2D eigenvalue weighted by Crippen LogP contribution is 2.22. The van der Waals surface area contributed by atoms with Gasteiger partial charge in [-0.05, 0) is 58.4 Å². The highest BCUT2D eigenvalue weighted by Gasteiger charge is 2.23. The molecule has 0 unspecified atom stereocenters. The molecule has 0 bridgehead atoms. The van der Waals surface area contributed by atoms with Crippen LogP contribution in [0.5, 0.6) is 0 Å². The predicted molar refractivity (Wildman–Crippen MR) is 138 cm³/mol. The van der Waals surface area contributed by atoms with Crippen molar-refractivity contribution in [1.82, 2.24) is 10.6 Å². The number of ether oxygens (including phenoxy) is 1. The number of carbonyl (C=O) groups excluding carboxylic acids is 1. The molecule has 1 aromatic carbocycles. The first-order chi connectivity index (χ1) is 16.2. The predicted octanol–water partition coefficient (Wildman–Crippen LogP) is 6.31. The maximum atomic E-state index is 11.6. The van der Waals surface area contributed by atoms with Crippen molar-refractivity contribution in [2.45, 2.75) is 115 Å². The molecule has 2 saturated carbocycles. The van der Waals surface area contributed by atoms with Gasteiger partial charge < -0.3 is 20.5 Å². The van der Waals surface area contributed by atoms with Crippen molar-refractivity contribution in [2.75, 3.05) is 0 Å². The van der Waals surface area contributed by atoms with Crippen LogP contribution in [0.1, 0.15) is 97.0 Å². The van der Waals surface area contributed by atoms with Gasteiger partial charge in [0.2, 0.25) is 0 Å². The summed E-state index contributed by atoms with van der Waals surface area (Å²) in [4.78, 5) is 22.7. The third kappa shape index (κ3) is 12.2. The lowest BCUT2D eigenvalue weighted by molar-refractivity contribution is -0.139. The summed E-state index contributed by atoms with van der Waals surface area (Å²) < 4.78 is 5.05. The summed E-state index contributed by atoms with van der Waals surface area (Å²) in [6.45, 7) is 5.16. The van der Waals surface area contributed by atoms with Gasteiger partial charge in [-0.15, -0.1) is 0 Å². The number of aliphatic carboxylic acids is 1. The van der Waals surface area contributed by atoms with E-state index in [-0.39, 0.29) is 6.42 Å².